The van der Waals surface area contributed by atoms with Gasteiger partial charge in [0, 0.05) is 6.61 Å². The van der Waals surface area contributed by atoms with E-state index in [1.807, 2.05) is 0 Å². The maximum atomic E-state index is 9.33. The Morgan fingerprint density at radius 1 is 1.11 bits per heavy atom. The minimum atomic E-state index is -1.79. The SMILES string of the molecule is CC(C)=CCC[C@](C)(CCO)O[Si](C)(C)C(C)(C)C. The van der Waals surface area contributed by atoms with Crippen LogP contribution in [0.4, 0.5) is 0 Å². The number of rotatable bonds is 7. The smallest absolute Gasteiger partial charge is 0.192 e. The van der Waals surface area contributed by atoms with E-state index in [-0.39, 0.29) is 17.2 Å². The topological polar surface area (TPSA) is 29.5 Å². The highest BCUT2D eigenvalue weighted by Gasteiger charge is 2.42. The second-order valence-corrected chi connectivity index (χ2v) is 12.3. The second-order valence-electron chi connectivity index (χ2n) is 7.61. The summed E-state index contributed by atoms with van der Waals surface area (Å²) in [7, 11) is -1.79. The van der Waals surface area contributed by atoms with E-state index in [1.54, 1.807) is 0 Å². The number of aliphatic hydroxyl groups is 1. The zero-order valence-electron chi connectivity index (χ0n) is 14.3. The predicted octanol–water partition coefficient (Wildman–Crippen LogP) is 4.90. The molecule has 114 valence electrons. The summed E-state index contributed by atoms with van der Waals surface area (Å²) < 4.78 is 6.56. The fourth-order valence-electron chi connectivity index (χ4n) is 1.90. The first-order valence-corrected chi connectivity index (χ1v) is 10.3. The molecule has 0 amide bonds. The largest absolute Gasteiger partial charge is 0.412 e. The highest BCUT2D eigenvalue weighted by atomic mass is 28.4. The number of hydrogen-bond donors (Lipinski definition) is 1. The van der Waals surface area contributed by atoms with Crippen LogP contribution in [0.15, 0.2) is 11.6 Å². The van der Waals surface area contributed by atoms with Gasteiger partial charge in [0.2, 0.25) is 0 Å². The standard InChI is InChI=1S/C16H34O2Si/c1-14(2)10-9-11-16(6,12-13-17)18-19(7,8)15(3,4)5/h10,17H,9,11-13H2,1-8H3/t16-/m1/s1. The van der Waals surface area contributed by atoms with E-state index in [9.17, 15) is 5.11 Å². The van der Waals surface area contributed by atoms with Crippen molar-refractivity contribution in [2.45, 2.75) is 84.5 Å². The lowest BCUT2D eigenvalue weighted by atomic mass is 9.96. The molecule has 0 aliphatic heterocycles. The van der Waals surface area contributed by atoms with Crippen molar-refractivity contribution in [3.8, 4) is 0 Å². The van der Waals surface area contributed by atoms with E-state index >= 15 is 0 Å². The van der Waals surface area contributed by atoms with Crippen LogP contribution in [0, 0.1) is 0 Å². The first-order valence-electron chi connectivity index (χ1n) is 7.38. The summed E-state index contributed by atoms with van der Waals surface area (Å²) in [5.74, 6) is 0. The normalized spacial score (nSPS) is 16.1. The number of allylic oxidation sites excluding steroid dienone is 2. The molecule has 1 N–H and O–H groups in total. The molecule has 0 aromatic carbocycles. The van der Waals surface area contributed by atoms with Gasteiger partial charge in [-0.05, 0) is 58.2 Å². The van der Waals surface area contributed by atoms with Gasteiger partial charge < -0.3 is 9.53 Å². The summed E-state index contributed by atoms with van der Waals surface area (Å²) in [5, 5.41) is 9.54. The summed E-state index contributed by atoms with van der Waals surface area (Å²) in [5.41, 5.74) is 1.14. The minimum absolute atomic E-state index is 0.194. The van der Waals surface area contributed by atoms with Crippen LogP contribution in [-0.2, 0) is 4.43 Å². The molecule has 2 nitrogen and oxygen atoms in total. The predicted molar refractivity (Wildman–Crippen MR) is 87.1 cm³/mol. The molecule has 0 saturated heterocycles. The number of aliphatic hydroxyl groups excluding tert-OH is 1. The van der Waals surface area contributed by atoms with Crippen LogP contribution in [-0.4, -0.2) is 25.6 Å². The van der Waals surface area contributed by atoms with Crippen LogP contribution < -0.4 is 0 Å². The fourth-order valence-corrected chi connectivity index (χ4v) is 3.64. The summed E-state index contributed by atoms with van der Waals surface area (Å²) in [6.07, 6.45) is 4.97. The molecule has 1 atom stereocenters. The summed E-state index contributed by atoms with van der Waals surface area (Å²) in [6, 6.07) is 0. The first kappa shape index (κ1) is 18.9. The molecule has 0 radical (unpaired) electrons. The van der Waals surface area contributed by atoms with E-state index in [1.165, 1.54) is 5.57 Å². The molecule has 0 aliphatic rings. The molecular formula is C16H34O2Si. The average Bonchev–Trinajstić information content (AvgIpc) is 2.13. The molecule has 0 unspecified atom stereocenters. The molecule has 0 aliphatic carbocycles. The van der Waals surface area contributed by atoms with E-state index in [0.717, 1.165) is 19.3 Å². The first-order chi connectivity index (χ1) is 8.43. The minimum Gasteiger partial charge on any atom is -0.412 e. The lowest BCUT2D eigenvalue weighted by Gasteiger charge is -2.44. The van der Waals surface area contributed by atoms with Gasteiger partial charge in [-0.1, -0.05) is 32.4 Å². The third kappa shape index (κ3) is 6.73. The highest BCUT2D eigenvalue weighted by Crippen LogP contribution is 2.40. The molecule has 0 aromatic rings. The third-order valence-corrected chi connectivity index (χ3v) is 8.79. The molecule has 0 fully saturated rings. The lowest BCUT2D eigenvalue weighted by Crippen LogP contribution is -2.49. The van der Waals surface area contributed by atoms with E-state index < -0.39 is 8.32 Å². The number of hydrogen-bond acceptors (Lipinski definition) is 2. The fraction of sp³-hybridized carbons (Fsp3) is 0.875. The van der Waals surface area contributed by atoms with Gasteiger partial charge in [0.25, 0.3) is 0 Å². The van der Waals surface area contributed by atoms with Gasteiger partial charge in [0.05, 0.1) is 5.60 Å². The van der Waals surface area contributed by atoms with Crippen molar-refractivity contribution in [3.63, 3.8) is 0 Å². The van der Waals surface area contributed by atoms with Crippen molar-refractivity contribution in [1.82, 2.24) is 0 Å². The Morgan fingerprint density at radius 2 is 1.63 bits per heavy atom. The van der Waals surface area contributed by atoms with Crippen LogP contribution in [0.1, 0.15) is 60.8 Å². The van der Waals surface area contributed by atoms with Gasteiger partial charge in [-0.25, -0.2) is 0 Å². The lowest BCUT2D eigenvalue weighted by molar-refractivity contribution is 0.0377. The van der Waals surface area contributed by atoms with Crippen molar-refractivity contribution in [1.29, 1.82) is 0 Å². The molecule has 0 aromatic heterocycles. The van der Waals surface area contributed by atoms with Crippen LogP contribution in [0.3, 0.4) is 0 Å². The quantitative estimate of drug-likeness (QED) is 0.533. The molecule has 3 heteroatoms. The van der Waals surface area contributed by atoms with Gasteiger partial charge in [-0.15, -0.1) is 0 Å². The van der Waals surface area contributed by atoms with Crippen LogP contribution in [0.5, 0.6) is 0 Å². The highest BCUT2D eigenvalue weighted by molar-refractivity contribution is 6.74. The van der Waals surface area contributed by atoms with Gasteiger partial charge >= 0.3 is 0 Å². The van der Waals surface area contributed by atoms with E-state index in [2.05, 4.69) is 60.7 Å². The Labute approximate surface area is 121 Å². The van der Waals surface area contributed by atoms with Gasteiger partial charge in [0.1, 0.15) is 0 Å². The molecule has 0 heterocycles. The molecular weight excluding hydrogens is 252 g/mol. The Morgan fingerprint density at radius 3 is 2.00 bits per heavy atom. The Bertz CT molecular complexity index is 298. The van der Waals surface area contributed by atoms with Crippen molar-refractivity contribution >= 4 is 8.32 Å². The third-order valence-electron chi connectivity index (χ3n) is 4.17. The monoisotopic (exact) mass is 286 g/mol. The second kappa shape index (κ2) is 7.05. The molecule has 0 rings (SSSR count). The summed E-state index contributed by atoms with van der Waals surface area (Å²) in [6.45, 7) is 17.9. The van der Waals surface area contributed by atoms with E-state index in [0.29, 0.717) is 0 Å². The zero-order valence-corrected chi connectivity index (χ0v) is 15.3. The van der Waals surface area contributed by atoms with Crippen LogP contribution in [0.25, 0.3) is 0 Å². The van der Waals surface area contributed by atoms with Gasteiger partial charge in [0.15, 0.2) is 8.32 Å². The van der Waals surface area contributed by atoms with Crippen molar-refractivity contribution in [3.05, 3.63) is 11.6 Å². The maximum Gasteiger partial charge on any atom is 0.192 e. The molecule has 0 bridgehead atoms. The van der Waals surface area contributed by atoms with Crippen molar-refractivity contribution in [2.24, 2.45) is 0 Å². The summed E-state index contributed by atoms with van der Waals surface area (Å²) in [4.78, 5) is 0. The van der Waals surface area contributed by atoms with Crippen LogP contribution in [0.2, 0.25) is 18.1 Å². The van der Waals surface area contributed by atoms with Crippen molar-refractivity contribution in [2.75, 3.05) is 6.61 Å². The Hall–Kier alpha value is -0.123. The molecule has 0 spiro atoms. The van der Waals surface area contributed by atoms with Gasteiger partial charge in [-0.3, -0.25) is 0 Å². The van der Waals surface area contributed by atoms with Crippen molar-refractivity contribution < 1.29 is 9.53 Å². The summed E-state index contributed by atoms with van der Waals surface area (Å²) >= 11 is 0. The van der Waals surface area contributed by atoms with Gasteiger partial charge in [-0.2, -0.15) is 0 Å². The molecule has 19 heavy (non-hydrogen) atoms. The van der Waals surface area contributed by atoms with Crippen LogP contribution >= 0.6 is 0 Å². The maximum absolute atomic E-state index is 9.33. The Balaban J connectivity index is 4.84. The molecule has 0 saturated carbocycles. The average molecular weight is 287 g/mol. The zero-order chi connectivity index (χ0) is 15.3. The van der Waals surface area contributed by atoms with E-state index in [4.69, 9.17) is 4.43 Å². The Kier molecular flexibility index (Phi) is 7.00.